The molecule has 4 N–H and O–H groups in total. The molecule has 0 bridgehead atoms. The molecule has 6 nitrogen and oxygen atoms in total. The van der Waals surface area contributed by atoms with E-state index in [1.165, 1.54) is 12.3 Å². The number of halogens is 2. The number of hydrogen-bond donors (Lipinski definition) is 2. The summed E-state index contributed by atoms with van der Waals surface area (Å²) in [6, 6.07) is 14.9. The zero-order valence-electron chi connectivity index (χ0n) is 17.0. The van der Waals surface area contributed by atoms with Crippen molar-refractivity contribution in [3.05, 3.63) is 81.6 Å². The molecule has 1 aliphatic rings. The van der Waals surface area contributed by atoms with Gasteiger partial charge >= 0.3 is 0 Å². The smallest absolute Gasteiger partial charge is 0.266 e. The molecule has 9 heteroatoms. The quantitative estimate of drug-likeness (QED) is 0.561. The Labute approximate surface area is 189 Å². The summed E-state index contributed by atoms with van der Waals surface area (Å²) in [5.41, 5.74) is 11.2. The number of hydrogen-bond acceptors (Lipinski definition) is 5. The first-order valence-corrected chi connectivity index (χ1v) is 10.8. The van der Waals surface area contributed by atoms with E-state index in [1.54, 1.807) is 11.0 Å². The lowest BCUT2D eigenvalue weighted by atomic mass is 10.1. The maximum Gasteiger partial charge on any atom is 0.266 e. The first-order chi connectivity index (χ1) is 14.9. The van der Waals surface area contributed by atoms with Gasteiger partial charge in [0.2, 0.25) is 6.41 Å². The molecular weight excluding hydrogens is 439 g/mol. The fraction of sp³-hybridized carbons (Fsp3) is 0.227. The third-order valence-electron chi connectivity index (χ3n) is 4.60. The molecule has 1 aromatic heterocycles. The van der Waals surface area contributed by atoms with Crippen LogP contribution >= 0.6 is 22.9 Å². The Bertz CT molecular complexity index is 974. The van der Waals surface area contributed by atoms with Crippen LogP contribution in [-0.2, 0) is 11.2 Å². The Kier molecular flexibility index (Phi) is 9.42. The summed E-state index contributed by atoms with van der Waals surface area (Å²) >= 11 is 7.14. The van der Waals surface area contributed by atoms with Crippen LogP contribution in [0.3, 0.4) is 0 Å². The molecule has 0 aliphatic heterocycles. The van der Waals surface area contributed by atoms with Gasteiger partial charge in [0.1, 0.15) is 10.7 Å². The number of anilines is 1. The zero-order valence-corrected chi connectivity index (χ0v) is 18.6. The zero-order chi connectivity index (χ0) is 22.8. The van der Waals surface area contributed by atoms with Crippen molar-refractivity contribution < 1.29 is 14.0 Å². The maximum absolute atomic E-state index is 14.0. The van der Waals surface area contributed by atoms with Crippen molar-refractivity contribution in [3.8, 4) is 0 Å². The molecule has 31 heavy (non-hydrogen) atoms. The Morgan fingerprint density at radius 1 is 1.29 bits per heavy atom. The molecule has 0 saturated carbocycles. The van der Waals surface area contributed by atoms with Gasteiger partial charge in [0.15, 0.2) is 5.13 Å². The molecule has 2 amide bonds. The highest BCUT2D eigenvalue weighted by Crippen LogP contribution is 2.39. The number of rotatable bonds is 3. The molecule has 1 aliphatic carbocycles. The van der Waals surface area contributed by atoms with E-state index in [2.05, 4.69) is 10.7 Å². The van der Waals surface area contributed by atoms with Crippen LogP contribution in [0.25, 0.3) is 0 Å². The summed E-state index contributed by atoms with van der Waals surface area (Å²) in [7, 11) is 0. The molecule has 0 fully saturated rings. The van der Waals surface area contributed by atoms with Crippen molar-refractivity contribution in [2.24, 2.45) is 5.73 Å². The molecule has 0 saturated heterocycles. The van der Waals surface area contributed by atoms with Crippen molar-refractivity contribution in [1.82, 2.24) is 9.88 Å². The second kappa shape index (κ2) is 12.0. The Morgan fingerprint density at radius 3 is 2.35 bits per heavy atom. The largest absolute Gasteiger partial charge is 0.375 e. The number of aromatic nitrogens is 1. The van der Waals surface area contributed by atoms with E-state index in [1.807, 2.05) is 43.3 Å². The molecule has 0 radical (unpaired) electrons. The Balaban J connectivity index is 0.000000318. The summed E-state index contributed by atoms with van der Waals surface area (Å²) in [6.45, 7) is 2.43. The molecule has 1 heterocycles. The van der Waals surface area contributed by atoms with Crippen molar-refractivity contribution in [3.63, 3.8) is 0 Å². The van der Waals surface area contributed by atoms with Gasteiger partial charge in [-0.3, -0.25) is 9.59 Å². The van der Waals surface area contributed by atoms with Crippen LogP contribution in [-0.4, -0.2) is 28.7 Å². The number of nitrogen functional groups attached to an aromatic ring is 1. The van der Waals surface area contributed by atoms with Crippen LogP contribution in [0.2, 0.25) is 5.02 Å². The number of benzene rings is 2. The molecule has 0 unspecified atom stereocenters. The van der Waals surface area contributed by atoms with E-state index in [4.69, 9.17) is 22.1 Å². The minimum absolute atomic E-state index is 0.130. The number of carbonyl (C=O) groups is 2. The van der Waals surface area contributed by atoms with E-state index in [0.717, 1.165) is 16.9 Å². The van der Waals surface area contributed by atoms with Crippen LogP contribution in [0.5, 0.6) is 0 Å². The number of nitrogens with zero attached hydrogens (tertiary/aromatic N) is 2. The topological polar surface area (TPSA) is 102 Å². The standard InChI is InChI=1S/C15H15ClFN3OS.C6H6.CH3NO/c1-2-20(14(21)13-7-19-15(18)22-13)12-4-3-9-10(12)5-8(16)6-11(9)17;1-2-4-6-5-3-1;2-1-3/h5-7,12H,2-4H2,1H3,(H2,18,19);1-6H;1H,(H2,2,3)/t12-;;/m1../s1. The number of fused-ring (bicyclic) bond motifs is 1. The van der Waals surface area contributed by atoms with Crippen molar-refractivity contribution in [2.45, 2.75) is 25.8 Å². The van der Waals surface area contributed by atoms with Crippen LogP contribution < -0.4 is 11.5 Å². The van der Waals surface area contributed by atoms with Gasteiger partial charge in [-0.25, -0.2) is 9.37 Å². The summed E-state index contributed by atoms with van der Waals surface area (Å²) in [4.78, 5) is 27.4. The van der Waals surface area contributed by atoms with Crippen molar-refractivity contribution in [2.75, 3.05) is 12.3 Å². The first-order valence-electron chi connectivity index (χ1n) is 9.58. The van der Waals surface area contributed by atoms with Crippen molar-refractivity contribution >= 4 is 40.4 Å². The van der Waals surface area contributed by atoms with Crippen LogP contribution in [0.4, 0.5) is 9.52 Å². The van der Waals surface area contributed by atoms with Crippen molar-refractivity contribution in [1.29, 1.82) is 0 Å². The molecule has 1 atom stereocenters. The lowest BCUT2D eigenvalue weighted by molar-refractivity contribution is -0.106. The summed E-state index contributed by atoms with van der Waals surface area (Å²) < 4.78 is 14.0. The highest BCUT2D eigenvalue weighted by atomic mass is 35.5. The fourth-order valence-electron chi connectivity index (χ4n) is 3.36. The lowest BCUT2D eigenvalue weighted by Crippen LogP contribution is -2.33. The van der Waals surface area contributed by atoms with Gasteiger partial charge < -0.3 is 16.4 Å². The van der Waals surface area contributed by atoms with E-state index in [9.17, 15) is 9.18 Å². The van der Waals surface area contributed by atoms with Gasteiger partial charge in [0, 0.05) is 11.6 Å². The van der Waals surface area contributed by atoms with E-state index < -0.39 is 0 Å². The van der Waals surface area contributed by atoms with Gasteiger partial charge in [-0.05, 0) is 43.0 Å². The minimum atomic E-state index is -0.296. The Hall–Kier alpha value is -2.97. The monoisotopic (exact) mass is 462 g/mol. The van der Waals surface area contributed by atoms with Gasteiger partial charge in [0.05, 0.1) is 12.2 Å². The number of nitrogens with two attached hydrogens (primary N) is 2. The minimum Gasteiger partial charge on any atom is -0.375 e. The SMILES string of the molecule is CCN(C(=O)c1cnc(N)s1)[C@@H]1CCc2c(F)cc(Cl)cc21.NC=O.c1ccccc1. The third kappa shape index (κ3) is 6.50. The summed E-state index contributed by atoms with van der Waals surface area (Å²) in [5.74, 6) is -0.425. The van der Waals surface area contributed by atoms with Crippen LogP contribution in [0.1, 0.15) is 40.2 Å². The van der Waals surface area contributed by atoms with E-state index >= 15 is 0 Å². The normalized spacial score (nSPS) is 13.7. The molecule has 4 rings (SSSR count). The van der Waals surface area contributed by atoms with Crippen LogP contribution in [0, 0.1) is 5.82 Å². The Morgan fingerprint density at radius 2 is 1.87 bits per heavy atom. The summed E-state index contributed by atoms with van der Waals surface area (Å²) in [5, 5.41) is 0.717. The lowest BCUT2D eigenvalue weighted by Gasteiger charge is -2.28. The highest BCUT2D eigenvalue weighted by molar-refractivity contribution is 7.17. The average molecular weight is 463 g/mol. The van der Waals surface area contributed by atoms with Crippen LogP contribution in [0.15, 0.2) is 54.7 Å². The molecule has 0 spiro atoms. The van der Waals surface area contributed by atoms with Gasteiger partial charge in [-0.2, -0.15) is 0 Å². The number of carbonyl (C=O) groups excluding carboxylic acids is 2. The molecule has 2 aromatic carbocycles. The molecular formula is C22H24ClFN4O2S. The average Bonchev–Trinajstić information content (AvgIpc) is 3.38. The fourth-order valence-corrected chi connectivity index (χ4v) is 4.22. The van der Waals surface area contributed by atoms with E-state index in [-0.39, 0.29) is 24.2 Å². The maximum atomic E-state index is 14.0. The number of primary amides is 1. The number of thiazole rings is 1. The second-order valence-electron chi connectivity index (χ2n) is 6.45. The third-order valence-corrected chi connectivity index (χ3v) is 5.63. The number of amides is 2. The van der Waals surface area contributed by atoms with Gasteiger partial charge in [0.25, 0.3) is 5.91 Å². The van der Waals surface area contributed by atoms with Gasteiger partial charge in [-0.15, -0.1) is 0 Å². The predicted molar refractivity (Wildman–Crippen MR) is 122 cm³/mol. The van der Waals surface area contributed by atoms with Gasteiger partial charge in [-0.1, -0.05) is 59.3 Å². The highest BCUT2D eigenvalue weighted by Gasteiger charge is 2.33. The first kappa shape index (κ1) is 24.3. The predicted octanol–water partition coefficient (Wildman–Crippen LogP) is 4.46. The molecule has 3 aromatic rings. The van der Waals surface area contributed by atoms with E-state index in [0.29, 0.717) is 40.0 Å². The second-order valence-corrected chi connectivity index (χ2v) is 7.95. The molecule has 164 valence electrons. The summed E-state index contributed by atoms with van der Waals surface area (Å²) in [6.07, 6.45) is 3.04.